The lowest BCUT2D eigenvalue weighted by atomic mass is 9.92. The SMILES string of the molecule is ClC(OC1CCCC1)C(Cc1ccccc1)c1ccccc1. The Hall–Kier alpha value is -1.31. The third-order valence-corrected chi connectivity index (χ3v) is 4.87. The minimum atomic E-state index is -0.272. The van der Waals surface area contributed by atoms with Crippen LogP contribution in [0.25, 0.3) is 0 Å². The first kappa shape index (κ1) is 15.6. The van der Waals surface area contributed by atoms with Gasteiger partial charge in [0.05, 0.1) is 6.10 Å². The normalized spacial score (nSPS) is 18.2. The molecule has 0 aromatic heterocycles. The van der Waals surface area contributed by atoms with Crippen LogP contribution in [0, 0.1) is 0 Å². The second-order valence-electron chi connectivity index (χ2n) is 6.10. The molecule has 0 heterocycles. The zero-order valence-electron chi connectivity index (χ0n) is 12.8. The first-order chi connectivity index (χ1) is 10.8. The van der Waals surface area contributed by atoms with Crippen molar-refractivity contribution in [1.29, 1.82) is 0 Å². The Morgan fingerprint density at radius 1 is 0.909 bits per heavy atom. The number of ether oxygens (including phenoxy) is 1. The van der Waals surface area contributed by atoms with Gasteiger partial charge in [-0.2, -0.15) is 0 Å². The third-order valence-electron chi connectivity index (χ3n) is 4.47. The third kappa shape index (κ3) is 4.12. The Morgan fingerprint density at radius 3 is 2.14 bits per heavy atom. The number of benzene rings is 2. The molecule has 0 spiro atoms. The highest BCUT2D eigenvalue weighted by Crippen LogP contribution is 2.32. The van der Waals surface area contributed by atoms with E-state index < -0.39 is 0 Å². The monoisotopic (exact) mass is 314 g/mol. The van der Waals surface area contributed by atoms with Crippen LogP contribution in [0.4, 0.5) is 0 Å². The maximum absolute atomic E-state index is 6.69. The van der Waals surface area contributed by atoms with Gasteiger partial charge in [-0.3, -0.25) is 0 Å². The molecule has 2 unspecified atom stereocenters. The van der Waals surface area contributed by atoms with Crippen LogP contribution in [0.15, 0.2) is 60.7 Å². The van der Waals surface area contributed by atoms with Gasteiger partial charge < -0.3 is 4.74 Å². The van der Waals surface area contributed by atoms with E-state index in [-0.39, 0.29) is 11.5 Å². The maximum atomic E-state index is 6.69. The fraction of sp³-hybridized carbons (Fsp3) is 0.400. The molecule has 0 bridgehead atoms. The van der Waals surface area contributed by atoms with Gasteiger partial charge in [-0.25, -0.2) is 0 Å². The predicted molar refractivity (Wildman–Crippen MR) is 92.3 cm³/mol. The average molecular weight is 315 g/mol. The molecular weight excluding hydrogens is 292 g/mol. The Labute approximate surface area is 138 Å². The summed E-state index contributed by atoms with van der Waals surface area (Å²) in [6.07, 6.45) is 6.08. The number of rotatable bonds is 6. The summed E-state index contributed by atoms with van der Waals surface area (Å²) in [7, 11) is 0. The summed E-state index contributed by atoms with van der Waals surface area (Å²) in [5.74, 6) is 0.186. The summed E-state index contributed by atoms with van der Waals surface area (Å²) in [5.41, 5.74) is 2.28. The number of halogens is 1. The summed E-state index contributed by atoms with van der Waals surface area (Å²) in [6.45, 7) is 0. The average Bonchev–Trinajstić information content (AvgIpc) is 3.07. The van der Waals surface area contributed by atoms with Crippen molar-refractivity contribution in [2.75, 3.05) is 0 Å². The fourth-order valence-corrected chi connectivity index (χ4v) is 3.61. The van der Waals surface area contributed by atoms with E-state index in [1.807, 2.05) is 12.1 Å². The molecule has 0 N–H and O–H groups in total. The molecule has 0 saturated heterocycles. The number of alkyl halides is 1. The molecule has 1 fully saturated rings. The molecule has 0 amide bonds. The van der Waals surface area contributed by atoms with Gasteiger partial charge >= 0.3 is 0 Å². The Bertz CT molecular complexity index is 548. The molecule has 1 saturated carbocycles. The first-order valence-corrected chi connectivity index (χ1v) is 8.65. The number of hydrogen-bond donors (Lipinski definition) is 0. The summed E-state index contributed by atoms with van der Waals surface area (Å²) in [6, 6.07) is 21.0. The zero-order chi connectivity index (χ0) is 15.2. The van der Waals surface area contributed by atoms with Gasteiger partial charge in [0, 0.05) is 5.92 Å². The fourth-order valence-electron chi connectivity index (χ4n) is 3.23. The molecule has 1 nitrogen and oxygen atoms in total. The highest BCUT2D eigenvalue weighted by molar-refractivity contribution is 6.20. The molecule has 1 aliphatic rings. The van der Waals surface area contributed by atoms with Crippen molar-refractivity contribution in [2.45, 2.75) is 49.7 Å². The quantitative estimate of drug-likeness (QED) is 0.636. The molecule has 2 heteroatoms. The second-order valence-corrected chi connectivity index (χ2v) is 6.53. The predicted octanol–water partition coefficient (Wildman–Crippen LogP) is 5.54. The van der Waals surface area contributed by atoms with Crippen molar-refractivity contribution in [3.05, 3.63) is 71.8 Å². The first-order valence-electron chi connectivity index (χ1n) is 8.21. The van der Waals surface area contributed by atoms with E-state index in [9.17, 15) is 0 Å². The van der Waals surface area contributed by atoms with Crippen LogP contribution in [0.3, 0.4) is 0 Å². The molecule has 2 aromatic carbocycles. The maximum Gasteiger partial charge on any atom is 0.138 e. The van der Waals surface area contributed by atoms with E-state index in [1.54, 1.807) is 0 Å². The lowest BCUT2D eigenvalue weighted by molar-refractivity contribution is 0.0225. The standard InChI is InChI=1S/C20H23ClO/c21-20(22-18-13-7-8-14-18)19(17-11-5-2-6-12-17)15-16-9-3-1-4-10-16/h1-6,9-12,18-20H,7-8,13-15H2. The van der Waals surface area contributed by atoms with Gasteiger partial charge in [0.25, 0.3) is 0 Å². The molecule has 2 aromatic rings. The van der Waals surface area contributed by atoms with E-state index >= 15 is 0 Å². The smallest absolute Gasteiger partial charge is 0.138 e. The topological polar surface area (TPSA) is 9.23 Å². The van der Waals surface area contributed by atoms with Gasteiger partial charge in [0.15, 0.2) is 0 Å². The summed E-state index contributed by atoms with van der Waals surface area (Å²) in [4.78, 5) is 0. The zero-order valence-corrected chi connectivity index (χ0v) is 13.6. The van der Waals surface area contributed by atoms with Crippen LogP contribution in [0.1, 0.15) is 42.7 Å². The highest BCUT2D eigenvalue weighted by Gasteiger charge is 2.26. The molecule has 116 valence electrons. The highest BCUT2D eigenvalue weighted by atomic mass is 35.5. The minimum absolute atomic E-state index is 0.186. The van der Waals surface area contributed by atoms with Crippen LogP contribution in [0.5, 0.6) is 0 Å². The minimum Gasteiger partial charge on any atom is -0.359 e. The van der Waals surface area contributed by atoms with Crippen LogP contribution < -0.4 is 0 Å². The van der Waals surface area contributed by atoms with Gasteiger partial charge in [0.1, 0.15) is 5.56 Å². The summed E-state index contributed by atoms with van der Waals surface area (Å²) < 4.78 is 6.17. The molecule has 0 radical (unpaired) electrons. The lowest BCUT2D eigenvalue weighted by Crippen LogP contribution is -2.23. The Morgan fingerprint density at radius 2 is 1.50 bits per heavy atom. The molecule has 2 atom stereocenters. The van der Waals surface area contributed by atoms with Crippen molar-refractivity contribution in [2.24, 2.45) is 0 Å². The largest absolute Gasteiger partial charge is 0.359 e. The van der Waals surface area contributed by atoms with E-state index in [1.165, 1.54) is 24.0 Å². The summed E-state index contributed by atoms with van der Waals surface area (Å²) >= 11 is 6.69. The Balaban J connectivity index is 1.76. The molecular formula is C20H23ClO. The van der Waals surface area contributed by atoms with Crippen molar-refractivity contribution in [3.63, 3.8) is 0 Å². The van der Waals surface area contributed by atoms with Gasteiger partial charge in [0.2, 0.25) is 0 Å². The summed E-state index contributed by atoms with van der Waals surface area (Å²) in [5, 5.41) is 0. The van der Waals surface area contributed by atoms with Crippen molar-refractivity contribution in [1.82, 2.24) is 0 Å². The lowest BCUT2D eigenvalue weighted by Gasteiger charge is -2.26. The van der Waals surface area contributed by atoms with Gasteiger partial charge in [-0.05, 0) is 30.4 Å². The van der Waals surface area contributed by atoms with E-state index in [2.05, 4.69) is 48.5 Å². The van der Waals surface area contributed by atoms with Crippen LogP contribution in [-0.2, 0) is 11.2 Å². The number of hydrogen-bond acceptors (Lipinski definition) is 1. The van der Waals surface area contributed by atoms with Gasteiger partial charge in [-0.15, -0.1) is 0 Å². The van der Waals surface area contributed by atoms with Crippen molar-refractivity contribution < 1.29 is 4.74 Å². The van der Waals surface area contributed by atoms with Crippen molar-refractivity contribution >= 4 is 11.6 Å². The van der Waals surface area contributed by atoms with Crippen LogP contribution in [-0.4, -0.2) is 11.7 Å². The van der Waals surface area contributed by atoms with E-state index in [0.29, 0.717) is 6.10 Å². The second kappa shape index (κ2) is 7.80. The van der Waals surface area contributed by atoms with Gasteiger partial charge in [-0.1, -0.05) is 85.1 Å². The molecule has 1 aliphatic carbocycles. The van der Waals surface area contributed by atoms with Crippen LogP contribution >= 0.6 is 11.6 Å². The molecule has 3 rings (SSSR count). The van der Waals surface area contributed by atoms with Crippen molar-refractivity contribution in [3.8, 4) is 0 Å². The van der Waals surface area contributed by atoms with Crippen LogP contribution in [0.2, 0.25) is 0 Å². The molecule has 22 heavy (non-hydrogen) atoms. The molecule has 0 aliphatic heterocycles. The van der Waals surface area contributed by atoms with E-state index in [4.69, 9.17) is 16.3 Å². The van der Waals surface area contributed by atoms with E-state index in [0.717, 1.165) is 19.3 Å². The Kier molecular flexibility index (Phi) is 5.53.